The number of para-hydroxylation sites is 2. The van der Waals surface area contributed by atoms with Crippen molar-refractivity contribution < 1.29 is 9.31 Å². The van der Waals surface area contributed by atoms with Crippen molar-refractivity contribution in [2.75, 3.05) is 5.32 Å². The van der Waals surface area contributed by atoms with Gasteiger partial charge in [-0.25, -0.2) is 0 Å². The first-order chi connectivity index (χ1) is 16.8. The second-order valence-electron chi connectivity index (χ2n) is 10.9. The SMILES string of the molecule is CC1(C)OB(c2cccc3c2Nc2ccccc2C32c3ccccc3-c3ccccc32)OC1(C)C. The van der Waals surface area contributed by atoms with Gasteiger partial charge in [-0.1, -0.05) is 84.9 Å². The molecule has 1 spiro atoms. The molecule has 4 aromatic rings. The fraction of sp³-hybridized carbons (Fsp3) is 0.226. The molecule has 2 heterocycles. The number of fused-ring (bicyclic) bond motifs is 9. The molecule has 4 heteroatoms. The maximum absolute atomic E-state index is 6.53. The molecule has 1 N–H and O–H groups in total. The van der Waals surface area contributed by atoms with Crippen molar-refractivity contribution in [3.8, 4) is 11.1 Å². The van der Waals surface area contributed by atoms with Gasteiger partial charge in [-0.2, -0.15) is 0 Å². The van der Waals surface area contributed by atoms with E-state index in [2.05, 4.69) is 124 Å². The zero-order valence-corrected chi connectivity index (χ0v) is 20.6. The Bertz CT molecular complexity index is 1440. The molecule has 1 saturated heterocycles. The van der Waals surface area contributed by atoms with Crippen molar-refractivity contribution in [3.63, 3.8) is 0 Å². The molecule has 3 nitrogen and oxygen atoms in total. The summed E-state index contributed by atoms with van der Waals surface area (Å²) in [7, 11) is -0.448. The highest BCUT2D eigenvalue weighted by Crippen LogP contribution is 2.60. The smallest absolute Gasteiger partial charge is 0.399 e. The zero-order chi connectivity index (χ0) is 24.0. The number of hydrogen-bond donors (Lipinski definition) is 1. The van der Waals surface area contributed by atoms with Crippen LogP contribution in [-0.4, -0.2) is 18.3 Å². The Labute approximate surface area is 207 Å². The average molecular weight is 457 g/mol. The van der Waals surface area contributed by atoms with Gasteiger partial charge in [0.05, 0.1) is 16.6 Å². The van der Waals surface area contributed by atoms with E-state index < -0.39 is 23.7 Å². The Kier molecular flexibility index (Phi) is 4.12. The fourth-order valence-corrected chi connectivity index (χ4v) is 6.20. The minimum absolute atomic E-state index is 0.406. The third-order valence-corrected chi connectivity index (χ3v) is 8.55. The number of nitrogens with one attached hydrogen (secondary N) is 1. The molecule has 1 aliphatic carbocycles. The molecule has 35 heavy (non-hydrogen) atoms. The lowest BCUT2D eigenvalue weighted by Gasteiger charge is -2.41. The summed E-state index contributed by atoms with van der Waals surface area (Å²) in [5.74, 6) is 0. The van der Waals surface area contributed by atoms with Crippen molar-refractivity contribution in [3.05, 3.63) is 113 Å². The van der Waals surface area contributed by atoms with Crippen molar-refractivity contribution >= 4 is 24.0 Å². The molecule has 7 rings (SSSR count). The average Bonchev–Trinajstić information content (AvgIpc) is 3.27. The van der Waals surface area contributed by atoms with Gasteiger partial charge in [0.15, 0.2) is 0 Å². The monoisotopic (exact) mass is 457 g/mol. The van der Waals surface area contributed by atoms with Crippen LogP contribution in [-0.2, 0) is 14.7 Å². The Hall–Kier alpha value is -3.34. The van der Waals surface area contributed by atoms with E-state index in [9.17, 15) is 0 Å². The summed E-state index contributed by atoms with van der Waals surface area (Å²) in [6.45, 7) is 8.43. The van der Waals surface area contributed by atoms with Gasteiger partial charge in [0.1, 0.15) is 0 Å². The van der Waals surface area contributed by atoms with Gasteiger partial charge in [0, 0.05) is 16.8 Å². The van der Waals surface area contributed by atoms with Gasteiger partial charge in [-0.15, -0.1) is 0 Å². The largest absolute Gasteiger partial charge is 0.496 e. The Morgan fingerprint density at radius 3 is 1.71 bits per heavy atom. The van der Waals surface area contributed by atoms with Gasteiger partial charge in [-0.3, -0.25) is 0 Å². The molecule has 1 fully saturated rings. The van der Waals surface area contributed by atoms with Gasteiger partial charge in [-0.05, 0) is 67.1 Å². The quantitative estimate of drug-likeness (QED) is 0.290. The number of hydrogen-bond acceptors (Lipinski definition) is 3. The summed E-state index contributed by atoms with van der Waals surface area (Å²) in [4.78, 5) is 0. The summed E-state index contributed by atoms with van der Waals surface area (Å²) in [6, 6.07) is 33.0. The summed E-state index contributed by atoms with van der Waals surface area (Å²) in [6.07, 6.45) is 0. The summed E-state index contributed by atoms with van der Waals surface area (Å²) in [5, 5.41) is 3.79. The van der Waals surface area contributed by atoms with Gasteiger partial charge in [0.25, 0.3) is 0 Å². The summed E-state index contributed by atoms with van der Waals surface area (Å²) >= 11 is 0. The highest BCUT2D eigenvalue weighted by atomic mass is 16.7. The molecule has 172 valence electrons. The van der Waals surface area contributed by atoms with Gasteiger partial charge >= 0.3 is 7.12 Å². The van der Waals surface area contributed by atoms with E-state index in [-0.39, 0.29) is 0 Å². The second kappa shape index (κ2) is 6.87. The maximum atomic E-state index is 6.53. The maximum Gasteiger partial charge on any atom is 0.496 e. The lowest BCUT2D eigenvalue weighted by atomic mass is 9.63. The minimum Gasteiger partial charge on any atom is -0.399 e. The standard InChI is InChI=1S/C31H28BNO2/c1-29(2)30(3,4)35-32(34-29)26-18-11-17-25-28(26)33-27-19-10-9-16-24(27)31(25)22-14-7-5-12-20(22)21-13-6-8-15-23(21)31/h5-19,33H,1-4H3. The van der Waals surface area contributed by atoms with E-state index in [0.717, 1.165) is 16.8 Å². The van der Waals surface area contributed by atoms with Crippen LogP contribution in [0.2, 0.25) is 0 Å². The van der Waals surface area contributed by atoms with Crippen LogP contribution < -0.4 is 10.8 Å². The van der Waals surface area contributed by atoms with E-state index in [4.69, 9.17) is 9.31 Å². The third kappa shape index (κ3) is 2.59. The molecule has 3 aliphatic rings. The van der Waals surface area contributed by atoms with Crippen LogP contribution in [0.1, 0.15) is 49.9 Å². The Balaban J connectivity index is 1.56. The van der Waals surface area contributed by atoms with Crippen LogP contribution in [0.25, 0.3) is 11.1 Å². The molecule has 0 bridgehead atoms. The first kappa shape index (κ1) is 21.0. The van der Waals surface area contributed by atoms with Crippen molar-refractivity contribution in [2.24, 2.45) is 0 Å². The van der Waals surface area contributed by atoms with Gasteiger partial charge in [0.2, 0.25) is 0 Å². The fourth-order valence-electron chi connectivity index (χ4n) is 6.20. The first-order valence-electron chi connectivity index (χ1n) is 12.4. The molecule has 2 aliphatic heterocycles. The molecule has 0 radical (unpaired) electrons. The highest BCUT2D eigenvalue weighted by molar-refractivity contribution is 6.64. The molecule has 0 aromatic heterocycles. The van der Waals surface area contributed by atoms with E-state index >= 15 is 0 Å². The molecule has 0 amide bonds. The number of anilines is 2. The summed E-state index contributed by atoms with van der Waals surface area (Å²) in [5.41, 5.74) is 9.77. The molecule has 0 saturated carbocycles. The Morgan fingerprint density at radius 1 is 0.571 bits per heavy atom. The van der Waals surface area contributed by atoms with E-state index in [1.165, 1.54) is 33.4 Å². The normalized spacial score (nSPS) is 19.5. The molecule has 0 unspecified atom stereocenters. The van der Waals surface area contributed by atoms with Crippen LogP contribution in [0, 0.1) is 0 Å². The molecular formula is C31H28BNO2. The Morgan fingerprint density at radius 2 is 1.09 bits per heavy atom. The number of rotatable bonds is 1. The van der Waals surface area contributed by atoms with Crippen LogP contribution in [0.15, 0.2) is 91.0 Å². The van der Waals surface area contributed by atoms with Gasteiger partial charge < -0.3 is 14.6 Å². The van der Waals surface area contributed by atoms with Crippen LogP contribution >= 0.6 is 0 Å². The molecule has 0 atom stereocenters. The van der Waals surface area contributed by atoms with E-state index in [0.29, 0.717) is 0 Å². The predicted molar refractivity (Wildman–Crippen MR) is 143 cm³/mol. The first-order valence-corrected chi connectivity index (χ1v) is 12.4. The van der Waals surface area contributed by atoms with Crippen LogP contribution in [0.4, 0.5) is 11.4 Å². The zero-order valence-electron chi connectivity index (χ0n) is 20.6. The highest BCUT2D eigenvalue weighted by Gasteiger charge is 2.55. The number of benzene rings is 4. The van der Waals surface area contributed by atoms with Crippen molar-refractivity contribution in [2.45, 2.75) is 44.3 Å². The van der Waals surface area contributed by atoms with Crippen LogP contribution in [0.5, 0.6) is 0 Å². The van der Waals surface area contributed by atoms with E-state index in [1.807, 2.05) is 0 Å². The lowest BCUT2D eigenvalue weighted by molar-refractivity contribution is 0.00578. The van der Waals surface area contributed by atoms with Crippen LogP contribution in [0.3, 0.4) is 0 Å². The minimum atomic E-state index is -0.448. The predicted octanol–water partition coefficient (Wildman–Crippen LogP) is 6.41. The second-order valence-corrected chi connectivity index (χ2v) is 10.9. The van der Waals surface area contributed by atoms with Crippen molar-refractivity contribution in [1.82, 2.24) is 0 Å². The molecule has 4 aromatic carbocycles. The lowest BCUT2D eigenvalue weighted by Crippen LogP contribution is -2.41. The van der Waals surface area contributed by atoms with Crippen molar-refractivity contribution in [1.29, 1.82) is 0 Å². The summed E-state index contributed by atoms with van der Waals surface area (Å²) < 4.78 is 13.1. The van der Waals surface area contributed by atoms with E-state index in [1.54, 1.807) is 0 Å². The molecular weight excluding hydrogens is 429 g/mol. The third-order valence-electron chi connectivity index (χ3n) is 8.55. The topological polar surface area (TPSA) is 30.5 Å².